The molecule has 1 aromatic carbocycles. The van der Waals surface area contributed by atoms with Gasteiger partial charge in [0, 0.05) is 12.5 Å². The molecule has 15 heavy (non-hydrogen) atoms. The van der Waals surface area contributed by atoms with Crippen molar-refractivity contribution in [3.63, 3.8) is 0 Å². The lowest BCUT2D eigenvalue weighted by molar-refractivity contribution is -0.108. The van der Waals surface area contributed by atoms with Gasteiger partial charge in [0.1, 0.15) is 17.9 Å². The molecule has 0 heterocycles. The number of methoxy groups -OCH3 is 1. The molecule has 1 atom stereocenters. The van der Waals surface area contributed by atoms with E-state index >= 15 is 0 Å². The van der Waals surface area contributed by atoms with E-state index in [0.29, 0.717) is 11.3 Å². The molecule has 0 bridgehead atoms. The zero-order valence-electron chi connectivity index (χ0n) is 8.59. The number of carbonyl (C=O) groups is 1. The van der Waals surface area contributed by atoms with Crippen LogP contribution in [0.5, 0.6) is 5.75 Å². The van der Waals surface area contributed by atoms with Crippen LogP contribution in [0, 0.1) is 5.82 Å². The highest BCUT2D eigenvalue weighted by molar-refractivity contribution is 6.31. The molecule has 4 heteroatoms. The lowest BCUT2D eigenvalue weighted by Crippen LogP contribution is -2.00. The zero-order chi connectivity index (χ0) is 11.4. The van der Waals surface area contributed by atoms with Crippen molar-refractivity contribution in [2.45, 2.75) is 19.3 Å². The molecule has 0 radical (unpaired) electrons. The summed E-state index contributed by atoms with van der Waals surface area (Å²) >= 11 is 5.70. The van der Waals surface area contributed by atoms with Crippen LogP contribution in [0.3, 0.4) is 0 Å². The Bertz CT molecular complexity index is 366. The first-order valence-electron chi connectivity index (χ1n) is 4.56. The minimum Gasteiger partial charge on any atom is -0.497 e. The first-order valence-corrected chi connectivity index (χ1v) is 4.94. The molecular weight excluding hydrogens is 219 g/mol. The van der Waals surface area contributed by atoms with Gasteiger partial charge in [0.2, 0.25) is 0 Å². The van der Waals surface area contributed by atoms with Crippen LogP contribution in [-0.2, 0) is 4.79 Å². The third-order valence-electron chi connectivity index (χ3n) is 2.25. The molecule has 0 fully saturated rings. The van der Waals surface area contributed by atoms with Gasteiger partial charge in [-0.15, -0.1) is 0 Å². The predicted octanol–water partition coefficient (Wildman–Crippen LogP) is 3.18. The van der Waals surface area contributed by atoms with Crippen LogP contribution in [-0.4, -0.2) is 13.4 Å². The fourth-order valence-electron chi connectivity index (χ4n) is 1.33. The van der Waals surface area contributed by atoms with Gasteiger partial charge in [-0.1, -0.05) is 18.5 Å². The smallest absolute Gasteiger partial charge is 0.145 e. The van der Waals surface area contributed by atoms with Crippen LogP contribution in [0.25, 0.3) is 0 Å². The maximum absolute atomic E-state index is 13.6. The van der Waals surface area contributed by atoms with Crippen LogP contribution < -0.4 is 4.74 Å². The first-order chi connectivity index (χ1) is 7.10. The fraction of sp³-hybridized carbons (Fsp3) is 0.364. The van der Waals surface area contributed by atoms with Crippen molar-refractivity contribution in [1.29, 1.82) is 0 Å². The molecule has 1 aromatic rings. The standard InChI is InChI=1S/C11H12ClFO2/c1-7(3-4-14)9-5-8(15-2)6-10(12)11(9)13/h4-7H,3H2,1-2H3. The van der Waals surface area contributed by atoms with Crippen molar-refractivity contribution in [2.75, 3.05) is 7.11 Å². The molecule has 82 valence electrons. The highest BCUT2D eigenvalue weighted by Gasteiger charge is 2.15. The van der Waals surface area contributed by atoms with E-state index in [9.17, 15) is 9.18 Å². The number of halogens is 2. The highest BCUT2D eigenvalue weighted by Crippen LogP contribution is 2.30. The summed E-state index contributed by atoms with van der Waals surface area (Å²) in [5, 5.41) is 0.0158. The number of benzene rings is 1. The van der Waals surface area contributed by atoms with E-state index in [1.54, 1.807) is 13.0 Å². The van der Waals surface area contributed by atoms with Crippen molar-refractivity contribution < 1.29 is 13.9 Å². The van der Waals surface area contributed by atoms with Gasteiger partial charge < -0.3 is 9.53 Å². The van der Waals surface area contributed by atoms with Gasteiger partial charge in [-0.3, -0.25) is 0 Å². The lowest BCUT2D eigenvalue weighted by atomic mass is 9.97. The largest absolute Gasteiger partial charge is 0.497 e. The van der Waals surface area contributed by atoms with Gasteiger partial charge in [0.05, 0.1) is 12.1 Å². The van der Waals surface area contributed by atoms with Gasteiger partial charge in [0.15, 0.2) is 0 Å². The maximum Gasteiger partial charge on any atom is 0.145 e. The second-order valence-electron chi connectivity index (χ2n) is 3.32. The molecular formula is C11H12ClFO2. The first kappa shape index (κ1) is 12.0. The summed E-state index contributed by atoms with van der Waals surface area (Å²) in [5.41, 5.74) is 0.409. The van der Waals surface area contributed by atoms with Crippen molar-refractivity contribution in [2.24, 2.45) is 0 Å². The average molecular weight is 231 g/mol. The van der Waals surface area contributed by atoms with E-state index in [2.05, 4.69) is 0 Å². The summed E-state index contributed by atoms with van der Waals surface area (Å²) in [6, 6.07) is 2.98. The van der Waals surface area contributed by atoms with E-state index in [-0.39, 0.29) is 17.4 Å². The Kier molecular flexibility index (Phi) is 4.09. The summed E-state index contributed by atoms with van der Waals surface area (Å²) in [7, 11) is 1.48. The highest BCUT2D eigenvalue weighted by atomic mass is 35.5. The normalized spacial score (nSPS) is 12.3. The molecule has 0 saturated heterocycles. The third kappa shape index (κ3) is 2.69. The van der Waals surface area contributed by atoms with Gasteiger partial charge in [-0.2, -0.15) is 0 Å². The quantitative estimate of drug-likeness (QED) is 0.743. The van der Waals surface area contributed by atoms with Gasteiger partial charge in [0.25, 0.3) is 0 Å². The fourth-order valence-corrected chi connectivity index (χ4v) is 1.55. The summed E-state index contributed by atoms with van der Waals surface area (Å²) in [4.78, 5) is 10.4. The monoisotopic (exact) mass is 230 g/mol. The molecule has 0 aromatic heterocycles. The van der Waals surface area contributed by atoms with Gasteiger partial charge >= 0.3 is 0 Å². The predicted molar refractivity (Wildman–Crippen MR) is 57.1 cm³/mol. The van der Waals surface area contributed by atoms with Crippen LogP contribution in [0.4, 0.5) is 4.39 Å². The molecule has 1 rings (SSSR count). The van der Waals surface area contributed by atoms with Crippen molar-refractivity contribution in [1.82, 2.24) is 0 Å². The Morgan fingerprint density at radius 1 is 1.60 bits per heavy atom. The number of carbonyl (C=O) groups excluding carboxylic acids is 1. The minimum atomic E-state index is -0.480. The molecule has 0 saturated carbocycles. The maximum atomic E-state index is 13.6. The molecule has 0 spiro atoms. The second-order valence-corrected chi connectivity index (χ2v) is 3.72. The number of aldehydes is 1. The summed E-state index contributed by atoms with van der Waals surface area (Å²) < 4.78 is 18.6. The van der Waals surface area contributed by atoms with Crippen molar-refractivity contribution in [3.8, 4) is 5.75 Å². The SMILES string of the molecule is COc1cc(Cl)c(F)c(C(C)CC=O)c1. The summed E-state index contributed by atoms with van der Waals surface area (Å²) in [6.07, 6.45) is 1.03. The van der Waals surface area contributed by atoms with Crippen LogP contribution in [0.2, 0.25) is 5.02 Å². The van der Waals surface area contributed by atoms with E-state index in [1.165, 1.54) is 13.2 Å². The third-order valence-corrected chi connectivity index (χ3v) is 2.52. The van der Waals surface area contributed by atoms with Gasteiger partial charge in [-0.25, -0.2) is 4.39 Å². The Labute approximate surface area is 93.0 Å². The minimum absolute atomic E-state index is 0.0158. The average Bonchev–Trinajstić information content (AvgIpc) is 2.22. The van der Waals surface area contributed by atoms with E-state index in [4.69, 9.17) is 16.3 Å². The van der Waals surface area contributed by atoms with E-state index < -0.39 is 5.82 Å². The Hall–Kier alpha value is -1.09. The molecule has 1 unspecified atom stereocenters. The van der Waals surface area contributed by atoms with Crippen LogP contribution in [0.15, 0.2) is 12.1 Å². The molecule has 0 aliphatic heterocycles. The van der Waals surface area contributed by atoms with Gasteiger partial charge in [-0.05, 0) is 17.5 Å². The Morgan fingerprint density at radius 3 is 2.80 bits per heavy atom. The molecule has 2 nitrogen and oxygen atoms in total. The summed E-state index contributed by atoms with van der Waals surface area (Å²) in [5.74, 6) is -0.184. The number of hydrogen-bond donors (Lipinski definition) is 0. The van der Waals surface area contributed by atoms with E-state index in [0.717, 1.165) is 6.29 Å². The van der Waals surface area contributed by atoms with Crippen molar-refractivity contribution >= 4 is 17.9 Å². The van der Waals surface area contributed by atoms with Crippen LogP contribution in [0.1, 0.15) is 24.8 Å². The van der Waals surface area contributed by atoms with Crippen molar-refractivity contribution in [3.05, 3.63) is 28.5 Å². The molecule has 0 aliphatic carbocycles. The number of rotatable bonds is 4. The second kappa shape index (κ2) is 5.12. The molecule has 0 N–H and O–H groups in total. The molecule has 0 amide bonds. The van der Waals surface area contributed by atoms with Crippen LogP contribution >= 0.6 is 11.6 Å². The lowest BCUT2D eigenvalue weighted by Gasteiger charge is -2.12. The zero-order valence-corrected chi connectivity index (χ0v) is 9.34. The number of hydrogen-bond acceptors (Lipinski definition) is 2. The number of ether oxygens (including phenoxy) is 1. The summed E-state index contributed by atoms with van der Waals surface area (Å²) in [6.45, 7) is 1.77. The Balaban J connectivity index is 3.14. The van der Waals surface area contributed by atoms with E-state index in [1.807, 2.05) is 0 Å². The molecule has 0 aliphatic rings. The topological polar surface area (TPSA) is 26.3 Å². The Morgan fingerprint density at radius 2 is 2.27 bits per heavy atom.